The number of nitrogens with zero attached hydrogens (tertiary/aromatic N) is 1. The van der Waals surface area contributed by atoms with E-state index in [1.165, 1.54) is 0 Å². The molecule has 22 heavy (non-hydrogen) atoms. The topological polar surface area (TPSA) is 44.4 Å². The van der Waals surface area contributed by atoms with Gasteiger partial charge in [0.25, 0.3) is 0 Å². The van der Waals surface area contributed by atoms with Crippen molar-refractivity contribution in [1.29, 1.82) is 0 Å². The molecule has 2 N–H and O–H groups in total. The third-order valence-corrected chi connectivity index (χ3v) is 4.25. The van der Waals surface area contributed by atoms with Gasteiger partial charge in [-0.05, 0) is 31.0 Å². The molecule has 0 radical (unpaired) electrons. The highest BCUT2D eigenvalue weighted by atomic mass is 35.5. The molecular formula is C16H25Cl2N3O. The Morgan fingerprint density at radius 2 is 2.14 bits per heavy atom. The molecule has 1 aromatic carbocycles. The van der Waals surface area contributed by atoms with Crippen LogP contribution in [0.25, 0.3) is 0 Å². The van der Waals surface area contributed by atoms with Crippen molar-refractivity contribution in [3.05, 3.63) is 34.9 Å². The molecule has 0 saturated carbocycles. The number of piperazine rings is 1. The molecule has 1 saturated heterocycles. The Balaban J connectivity index is 0.00000242. The lowest BCUT2D eigenvalue weighted by Gasteiger charge is -2.33. The maximum absolute atomic E-state index is 12.3. The summed E-state index contributed by atoms with van der Waals surface area (Å²) < 4.78 is 0. The molecule has 0 aromatic heterocycles. The zero-order valence-corrected chi connectivity index (χ0v) is 14.7. The summed E-state index contributed by atoms with van der Waals surface area (Å²) in [7, 11) is 0. The summed E-state index contributed by atoms with van der Waals surface area (Å²) in [5.41, 5.74) is 1.10. The molecule has 4 nitrogen and oxygen atoms in total. The van der Waals surface area contributed by atoms with Gasteiger partial charge in [0.1, 0.15) is 0 Å². The van der Waals surface area contributed by atoms with Crippen molar-refractivity contribution in [3.63, 3.8) is 0 Å². The summed E-state index contributed by atoms with van der Waals surface area (Å²) in [6, 6.07) is 8.14. The molecule has 2 rings (SSSR count). The average Bonchev–Trinajstić information content (AvgIpc) is 2.48. The molecule has 1 amide bonds. The lowest BCUT2D eigenvalue weighted by molar-refractivity contribution is -0.123. The lowest BCUT2D eigenvalue weighted by atomic mass is 10.0. The van der Waals surface area contributed by atoms with E-state index in [0.29, 0.717) is 12.6 Å². The molecule has 0 spiro atoms. The van der Waals surface area contributed by atoms with Crippen LogP contribution in [0, 0.1) is 0 Å². The minimum absolute atomic E-state index is 0. The van der Waals surface area contributed by atoms with E-state index in [2.05, 4.69) is 29.4 Å². The van der Waals surface area contributed by atoms with E-state index in [1.807, 2.05) is 24.3 Å². The van der Waals surface area contributed by atoms with Crippen molar-refractivity contribution >= 4 is 29.9 Å². The molecule has 124 valence electrons. The molecule has 1 aliphatic rings. The summed E-state index contributed by atoms with van der Waals surface area (Å²) in [4.78, 5) is 14.5. The Morgan fingerprint density at radius 3 is 2.73 bits per heavy atom. The highest BCUT2D eigenvalue weighted by Gasteiger charge is 2.21. The molecular weight excluding hydrogens is 321 g/mol. The van der Waals surface area contributed by atoms with Gasteiger partial charge < -0.3 is 10.6 Å². The van der Waals surface area contributed by atoms with Crippen LogP contribution in [0.4, 0.5) is 0 Å². The smallest absolute Gasteiger partial charge is 0.234 e. The number of rotatable bonds is 5. The van der Waals surface area contributed by atoms with E-state index in [4.69, 9.17) is 11.6 Å². The largest absolute Gasteiger partial charge is 0.348 e. The number of hydrogen-bond acceptors (Lipinski definition) is 3. The highest BCUT2D eigenvalue weighted by Crippen LogP contribution is 2.19. The van der Waals surface area contributed by atoms with Crippen LogP contribution in [-0.2, 0) is 4.79 Å². The molecule has 1 heterocycles. The molecule has 1 aromatic rings. The molecule has 1 fully saturated rings. The first-order chi connectivity index (χ1) is 10.1. The summed E-state index contributed by atoms with van der Waals surface area (Å²) in [6.07, 6.45) is 0.866. The molecule has 1 unspecified atom stereocenters. The van der Waals surface area contributed by atoms with Gasteiger partial charge in [-0.25, -0.2) is 0 Å². The van der Waals surface area contributed by atoms with Crippen molar-refractivity contribution in [2.45, 2.75) is 32.4 Å². The first-order valence-electron chi connectivity index (χ1n) is 7.59. The van der Waals surface area contributed by atoms with E-state index in [-0.39, 0.29) is 24.4 Å². The van der Waals surface area contributed by atoms with Gasteiger partial charge in [-0.15, -0.1) is 12.4 Å². The van der Waals surface area contributed by atoms with Gasteiger partial charge >= 0.3 is 0 Å². The first-order valence-corrected chi connectivity index (χ1v) is 7.97. The van der Waals surface area contributed by atoms with Gasteiger partial charge in [0.05, 0.1) is 12.6 Å². The third-order valence-electron chi connectivity index (χ3n) is 4.00. The summed E-state index contributed by atoms with van der Waals surface area (Å²) in [5, 5.41) is 7.18. The number of carbonyl (C=O) groups excluding carboxylic acids is 1. The second-order valence-electron chi connectivity index (χ2n) is 5.60. The fourth-order valence-corrected chi connectivity index (χ4v) is 2.78. The average molecular weight is 346 g/mol. The fourth-order valence-electron chi connectivity index (χ4n) is 2.66. The van der Waals surface area contributed by atoms with Crippen molar-refractivity contribution in [2.75, 3.05) is 26.2 Å². The maximum atomic E-state index is 12.3. The number of benzene rings is 1. The van der Waals surface area contributed by atoms with Crippen LogP contribution in [0.3, 0.4) is 0 Å². The van der Waals surface area contributed by atoms with E-state index >= 15 is 0 Å². The Kier molecular flexibility index (Phi) is 8.18. The van der Waals surface area contributed by atoms with Crippen LogP contribution in [-0.4, -0.2) is 43.0 Å². The van der Waals surface area contributed by atoms with Crippen LogP contribution in [0.2, 0.25) is 5.02 Å². The maximum Gasteiger partial charge on any atom is 0.234 e. The second kappa shape index (κ2) is 9.36. The normalized spacial score (nSPS) is 20.0. The van der Waals surface area contributed by atoms with Gasteiger partial charge in [0.15, 0.2) is 0 Å². The van der Waals surface area contributed by atoms with Crippen molar-refractivity contribution in [1.82, 2.24) is 15.5 Å². The molecule has 1 aliphatic heterocycles. The number of hydrogen-bond donors (Lipinski definition) is 2. The molecule has 2 atom stereocenters. The third kappa shape index (κ3) is 5.43. The monoisotopic (exact) mass is 345 g/mol. The van der Waals surface area contributed by atoms with Gasteiger partial charge in [0.2, 0.25) is 5.91 Å². The van der Waals surface area contributed by atoms with Crippen molar-refractivity contribution in [3.8, 4) is 0 Å². The van der Waals surface area contributed by atoms with Gasteiger partial charge in [-0.1, -0.05) is 30.7 Å². The zero-order chi connectivity index (χ0) is 15.2. The van der Waals surface area contributed by atoms with Crippen LogP contribution in [0.1, 0.15) is 31.9 Å². The minimum Gasteiger partial charge on any atom is -0.348 e. The predicted octanol–water partition coefficient (Wildman–Crippen LogP) is 2.62. The van der Waals surface area contributed by atoms with Crippen molar-refractivity contribution < 1.29 is 4.79 Å². The highest BCUT2D eigenvalue weighted by molar-refractivity contribution is 6.30. The second-order valence-corrected chi connectivity index (χ2v) is 6.04. The quantitative estimate of drug-likeness (QED) is 0.862. The fraction of sp³-hybridized carbons (Fsp3) is 0.562. The number of carbonyl (C=O) groups is 1. The van der Waals surface area contributed by atoms with Crippen LogP contribution >= 0.6 is 24.0 Å². The van der Waals surface area contributed by atoms with Gasteiger partial charge in [-0.3, -0.25) is 9.69 Å². The summed E-state index contributed by atoms with van der Waals surface area (Å²) in [6.45, 7) is 7.51. The Bertz CT molecular complexity index is 467. The van der Waals surface area contributed by atoms with Gasteiger partial charge in [0, 0.05) is 30.7 Å². The minimum atomic E-state index is 0. The lowest BCUT2D eigenvalue weighted by Crippen LogP contribution is -2.52. The Hall–Kier alpha value is -0.810. The van der Waals surface area contributed by atoms with Crippen molar-refractivity contribution in [2.24, 2.45) is 0 Å². The zero-order valence-electron chi connectivity index (χ0n) is 13.1. The Morgan fingerprint density at radius 1 is 1.45 bits per heavy atom. The summed E-state index contributed by atoms with van der Waals surface area (Å²) >= 11 is 5.91. The van der Waals surface area contributed by atoms with E-state index in [0.717, 1.165) is 36.6 Å². The van der Waals surface area contributed by atoms with Crippen LogP contribution in [0.5, 0.6) is 0 Å². The van der Waals surface area contributed by atoms with Crippen LogP contribution < -0.4 is 10.6 Å². The SMILES string of the molecule is CCC(NC(=O)CN1CCNC[C@H]1C)c1ccc(Cl)cc1.Cl. The van der Waals surface area contributed by atoms with E-state index < -0.39 is 0 Å². The van der Waals surface area contributed by atoms with E-state index in [1.54, 1.807) is 0 Å². The van der Waals surface area contributed by atoms with Gasteiger partial charge in [-0.2, -0.15) is 0 Å². The molecule has 0 aliphatic carbocycles. The first kappa shape index (κ1) is 19.2. The Labute approximate surface area is 144 Å². The van der Waals surface area contributed by atoms with Crippen LogP contribution in [0.15, 0.2) is 24.3 Å². The summed E-state index contributed by atoms with van der Waals surface area (Å²) in [5.74, 6) is 0.0885. The number of nitrogens with one attached hydrogen (secondary N) is 2. The predicted molar refractivity (Wildman–Crippen MR) is 93.8 cm³/mol. The number of halogens is 2. The molecule has 0 bridgehead atoms. The number of amides is 1. The molecule has 6 heteroatoms. The standard InChI is InChI=1S/C16H24ClN3O.ClH/c1-3-15(13-4-6-14(17)7-5-13)19-16(21)11-20-9-8-18-10-12(20)2;/h4-7,12,15,18H,3,8-11H2,1-2H3,(H,19,21);1H/t12-,15?;/m1./s1. The van der Waals surface area contributed by atoms with E-state index in [9.17, 15) is 4.79 Å².